The van der Waals surface area contributed by atoms with E-state index in [4.69, 9.17) is 15.2 Å². The maximum absolute atomic E-state index is 14.9. The van der Waals surface area contributed by atoms with Crippen molar-refractivity contribution in [3.8, 4) is 5.75 Å². The first kappa shape index (κ1) is 25.1. The smallest absolute Gasteiger partial charge is 0.407 e. The minimum atomic E-state index is -0.818. The maximum atomic E-state index is 14.9. The first-order valence-corrected chi connectivity index (χ1v) is 11.1. The summed E-state index contributed by atoms with van der Waals surface area (Å²) in [4.78, 5) is 28.5. The molecule has 3 rings (SSSR count). The van der Waals surface area contributed by atoms with Crippen molar-refractivity contribution in [3.05, 3.63) is 41.7 Å². The summed E-state index contributed by atoms with van der Waals surface area (Å²) in [6.07, 6.45) is 1.33. The van der Waals surface area contributed by atoms with Crippen molar-refractivity contribution in [2.75, 3.05) is 17.7 Å². The highest BCUT2D eigenvalue weighted by atomic mass is 19.1. The third-order valence-electron chi connectivity index (χ3n) is 5.29. The third kappa shape index (κ3) is 6.72. The van der Waals surface area contributed by atoms with Gasteiger partial charge in [0.15, 0.2) is 11.6 Å². The lowest BCUT2D eigenvalue weighted by molar-refractivity contribution is 0.0501. The lowest BCUT2D eigenvalue weighted by Gasteiger charge is -2.28. The van der Waals surface area contributed by atoms with Gasteiger partial charge in [-0.05, 0) is 64.7 Å². The molecule has 1 aliphatic rings. The fourth-order valence-electron chi connectivity index (χ4n) is 3.56. The van der Waals surface area contributed by atoms with Gasteiger partial charge in [-0.25, -0.2) is 14.2 Å². The summed E-state index contributed by atoms with van der Waals surface area (Å²) in [5, 5.41) is 8.95. The Hall–Kier alpha value is -3.56. The Bertz CT molecular complexity index is 1050. The molecule has 1 aromatic carbocycles. The average Bonchev–Trinajstić information content (AvgIpc) is 3.57. The molecule has 5 N–H and O–H groups in total. The monoisotopic (exact) mass is 473 g/mol. The number of nitrogens with two attached hydrogens (primary N) is 1. The number of benzene rings is 1. The zero-order chi connectivity index (χ0) is 25.0. The highest BCUT2D eigenvalue weighted by molar-refractivity contribution is 5.98. The fraction of sp³-hybridized carbons (Fsp3) is 0.458. The highest BCUT2D eigenvalue weighted by Crippen LogP contribution is 2.36. The maximum Gasteiger partial charge on any atom is 0.407 e. The second-order valence-electron chi connectivity index (χ2n) is 9.38. The van der Waals surface area contributed by atoms with Crippen LogP contribution in [0.25, 0.3) is 0 Å². The van der Waals surface area contributed by atoms with E-state index in [0.717, 1.165) is 18.9 Å². The van der Waals surface area contributed by atoms with Gasteiger partial charge >= 0.3 is 6.09 Å². The number of pyridine rings is 1. The van der Waals surface area contributed by atoms with Crippen LogP contribution in [0.5, 0.6) is 5.75 Å². The van der Waals surface area contributed by atoms with E-state index in [1.54, 1.807) is 45.0 Å². The molecule has 2 aromatic rings. The van der Waals surface area contributed by atoms with Crippen LogP contribution < -0.4 is 26.4 Å². The first-order chi connectivity index (χ1) is 16.0. The normalized spacial score (nSPS) is 15.1. The lowest BCUT2D eigenvalue weighted by atomic mass is 10.0. The molecule has 9 nitrogen and oxygen atoms in total. The number of nitrogens with one attached hydrogen (secondary N) is 3. The molecule has 1 aromatic heterocycles. The van der Waals surface area contributed by atoms with Gasteiger partial charge in [-0.2, -0.15) is 0 Å². The Morgan fingerprint density at radius 3 is 2.50 bits per heavy atom. The number of methoxy groups -OCH3 is 1. The van der Waals surface area contributed by atoms with Crippen LogP contribution in [0.15, 0.2) is 30.3 Å². The summed E-state index contributed by atoms with van der Waals surface area (Å²) in [5.41, 5.74) is 5.33. The van der Waals surface area contributed by atoms with E-state index in [1.165, 1.54) is 7.11 Å². The molecule has 0 saturated heterocycles. The number of carbonyl (C=O) groups excluding carboxylic acids is 2. The Kier molecular flexibility index (Phi) is 7.48. The van der Waals surface area contributed by atoms with E-state index < -0.39 is 23.4 Å². The number of halogens is 1. The number of alkyl carbamates (subject to hydrolysis) is 1. The predicted octanol–water partition coefficient (Wildman–Crippen LogP) is 4.18. The molecule has 0 bridgehead atoms. The van der Waals surface area contributed by atoms with Crippen molar-refractivity contribution in [2.45, 2.75) is 58.2 Å². The van der Waals surface area contributed by atoms with Gasteiger partial charge in [-0.3, -0.25) is 4.79 Å². The van der Waals surface area contributed by atoms with Gasteiger partial charge in [0.1, 0.15) is 17.2 Å². The molecule has 0 spiro atoms. The van der Waals surface area contributed by atoms with E-state index in [2.05, 4.69) is 20.9 Å². The standard InChI is InChI=1S/C24H32FN5O4/c1-13(27-23(32)34-24(2,3)4)19(14-9-10-14)29-22-18(25)12-17(20(26)31)21(30-22)28-15-7-6-8-16(11-15)33-5/h6-8,11-14,19H,9-10H2,1-5H3,(H2,26,31)(H,27,32)(H2,28,29,30)/t13-,19-/m0/s1. The van der Waals surface area contributed by atoms with Crippen LogP contribution in [0.1, 0.15) is 50.9 Å². The number of carbonyl (C=O) groups is 2. The number of amides is 2. The number of hydrogen-bond donors (Lipinski definition) is 4. The molecule has 184 valence electrons. The van der Waals surface area contributed by atoms with Gasteiger partial charge in [0, 0.05) is 17.8 Å². The topological polar surface area (TPSA) is 128 Å². The van der Waals surface area contributed by atoms with Crippen molar-refractivity contribution in [1.82, 2.24) is 10.3 Å². The Balaban J connectivity index is 1.85. The quantitative estimate of drug-likeness (QED) is 0.430. The second-order valence-corrected chi connectivity index (χ2v) is 9.38. The number of aromatic nitrogens is 1. The van der Waals surface area contributed by atoms with Crippen molar-refractivity contribution in [3.63, 3.8) is 0 Å². The largest absolute Gasteiger partial charge is 0.497 e. The number of ether oxygens (including phenoxy) is 2. The molecule has 0 unspecified atom stereocenters. The van der Waals surface area contributed by atoms with Crippen LogP contribution in [-0.2, 0) is 4.74 Å². The van der Waals surface area contributed by atoms with E-state index in [1.807, 2.05) is 6.92 Å². The molecular formula is C24H32FN5O4. The fourth-order valence-corrected chi connectivity index (χ4v) is 3.56. The van der Waals surface area contributed by atoms with Crippen molar-refractivity contribution in [2.24, 2.45) is 11.7 Å². The first-order valence-electron chi connectivity index (χ1n) is 11.1. The molecule has 1 fully saturated rings. The van der Waals surface area contributed by atoms with Crippen LogP contribution >= 0.6 is 0 Å². The molecule has 1 heterocycles. The predicted molar refractivity (Wildman–Crippen MR) is 128 cm³/mol. The van der Waals surface area contributed by atoms with Crippen LogP contribution in [0.2, 0.25) is 0 Å². The number of rotatable bonds is 9. The molecule has 1 aliphatic carbocycles. The van der Waals surface area contributed by atoms with E-state index in [0.29, 0.717) is 11.4 Å². The zero-order valence-electron chi connectivity index (χ0n) is 20.1. The Morgan fingerprint density at radius 1 is 1.21 bits per heavy atom. The number of anilines is 3. The van der Waals surface area contributed by atoms with E-state index >= 15 is 0 Å². The van der Waals surface area contributed by atoms with E-state index in [-0.39, 0.29) is 35.2 Å². The van der Waals surface area contributed by atoms with Crippen molar-refractivity contribution < 1.29 is 23.5 Å². The molecule has 34 heavy (non-hydrogen) atoms. The van der Waals surface area contributed by atoms with Gasteiger partial charge in [0.05, 0.1) is 18.7 Å². The highest BCUT2D eigenvalue weighted by Gasteiger charge is 2.37. The molecular weight excluding hydrogens is 441 g/mol. The number of nitrogens with zero attached hydrogens (tertiary/aromatic N) is 1. The van der Waals surface area contributed by atoms with Crippen LogP contribution in [-0.4, -0.2) is 41.8 Å². The van der Waals surface area contributed by atoms with Gasteiger partial charge in [-0.1, -0.05) is 6.07 Å². The number of hydrogen-bond acceptors (Lipinski definition) is 7. The van der Waals surface area contributed by atoms with E-state index in [9.17, 15) is 14.0 Å². The summed E-state index contributed by atoms with van der Waals surface area (Å²) in [6.45, 7) is 7.17. The molecule has 2 atom stereocenters. The zero-order valence-corrected chi connectivity index (χ0v) is 20.1. The van der Waals surface area contributed by atoms with Crippen LogP contribution in [0.4, 0.5) is 26.5 Å². The minimum Gasteiger partial charge on any atom is -0.497 e. The van der Waals surface area contributed by atoms with Crippen molar-refractivity contribution in [1.29, 1.82) is 0 Å². The summed E-state index contributed by atoms with van der Waals surface area (Å²) in [7, 11) is 1.54. The van der Waals surface area contributed by atoms with Crippen molar-refractivity contribution >= 4 is 29.3 Å². The average molecular weight is 474 g/mol. The summed E-state index contributed by atoms with van der Waals surface area (Å²) in [5.74, 6) is -0.655. The third-order valence-corrected chi connectivity index (χ3v) is 5.29. The van der Waals surface area contributed by atoms with Crippen LogP contribution in [0, 0.1) is 11.7 Å². The molecule has 1 saturated carbocycles. The Labute approximate surface area is 198 Å². The SMILES string of the molecule is COc1cccc(Nc2nc(N[C@H](C3CC3)[C@H](C)NC(=O)OC(C)(C)C)c(F)cc2C(N)=O)c1. The van der Waals surface area contributed by atoms with Gasteiger partial charge < -0.3 is 31.2 Å². The van der Waals surface area contributed by atoms with Gasteiger partial charge in [0.25, 0.3) is 5.91 Å². The number of primary amides is 1. The summed E-state index contributed by atoms with van der Waals surface area (Å²) >= 11 is 0. The van der Waals surface area contributed by atoms with Gasteiger partial charge in [-0.15, -0.1) is 0 Å². The molecule has 0 radical (unpaired) electrons. The van der Waals surface area contributed by atoms with Gasteiger partial charge in [0.2, 0.25) is 0 Å². The molecule has 10 heteroatoms. The summed E-state index contributed by atoms with van der Waals surface area (Å²) < 4.78 is 25.5. The second kappa shape index (κ2) is 10.1. The Morgan fingerprint density at radius 2 is 1.91 bits per heavy atom. The minimum absolute atomic E-state index is 0.0508. The lowest BCUT2D eigenvalue weighted by Crippen LogP contribution is -2.47. The molecule has 0 aliphatic heterocycles. The summed E-state index contributed by atoms with van der Waals surface area (Å²) in [6, 6.07) is 7.39. The molecule has 2 amide bonds. The van der Waals surface area contributed by atoms with Crippen LogP contribution in [0.3, 0.4) is 0 Å².